The molecular weight excluding hydrogens is 196 g/mol. The molecular formula is C14H18N2. The van der Waals surface area contributed by atoms with Crippen LogP contribution in [0.3, 0.4) is 0 Å². The van der Waals surface area contributed by atoms with Gasteiger partial charge in [0.2, 0.25) is 0 Å². The molecule has 1 aliphatic heterocycles. The van der Waals surface area contributed by atoms with Gasteiger partial charge in [-0.25, -0.2) is 0 Å². The fourth-order valence-electron chi connectivity index (χ4n) is 2.39. The van der Waals surface area contributed by atoms with Crippen LogP contribution >= 0.6 is 0 Å². The minimum absolute atomic E-state index is 0.528. The molecule has 1 heterocycles. The number of piperidine rings is 1. The van der Waals surface area contributed by atoms with Crippen LogP contribution in [0.2, 0.25) is 0 Å². The van der Waals surface area contributed by atoms with E-state index in [1.165, 1.54) is 31.5 Å². The first-order valence-electron chi connectivity index (χ1n) is 5.94. The SMILES string of the molecule is CN1CCC(c2cccc(CC#N)c2)CC1. The summed E-state index contributed by atoms with van der Waals surface area (Å²) in [5.74, 6) is 0.690. The zero-order chi connectivity index (χ0) is 11.4. The fraction of sp³-hybridized carbons (Fsp3) is 0.500. The van der Waals surface area contributed by atoms with Crippen molar-refractivity contribution in [3.8, 4) is 6.07 Å². The Balaban J connectivity index is 2.09. The van der Waals surface area contributed by atoms with E-state index in [4.69, 9.17) is 5.26 Å². The molecule has 0 atom stereocenters. The van der Waals surface area contributed by atoms with E-state index < -0.39 is 0 Å². The Bertz CT molecular complexity index is 384. The maximum absolute atomic E-state index is 8.70. The molecule has 2 rings (SSSR count). The molecule has 0 saturated carbocycles. The standard InChI is InChI=1S/C14H18N2/c1-16-9-6-13(7-10-16)14-4-2-3-12(11-14)5-8-15/h2-4,11,13H,5-7,9-10H2,1H3. The van der Waals surface area contributed by atoms with Gasteiger partial charge in [0.1, 0.15) is 0 Å². The summed E-state index contributed by atoms with van der Waals surface area (Å²) in [4.78, 5) is 2.38. The molecule has 1 fully saturated rings. The Hall–Kier alpha value is -1.33. The third-order valence-electron chi connectivity index (χ3n) is 3.42. The lowest BCUT2D eigenvalue weighted by Gasteiger charge is -2.29. The Morgan fingerprint density at radius 2 is 2.12 bits per heavy atom. The maximum Gasteiger partial charge on any atom is 0.0669 e. The van der Waals surface area contributed by atoms with Gasteiger partial charge in [-0.3, -0.25) is 0 Å². The van der Waals surface area contributed by atoms with Crippen LogP contribution in [-0.4, -0.2) is 25.0 Å². The number of hydrogen-bond acceptors (Lipinski definition) is 2. The molecule has 0 spiro atoms. The minimum Gasteiger partial charge on any atom is -0.306 e. The molecule has 16 heavy (non-hydrogen) atoms. The molecule has 2 nitrogen and oxygen atoms in total. The van der Waals surface area contributed by atoms with E-state index in [1.54, 1.807) is 0 Å². The summed E-state index contributed by atoms with van der Waals surface area (Å²) in [5, 5.41) is 8.70. The predicted octanol–water partition coefficient (Wildman–Crippen LogP) is 2.56. The summed E-state index contributed by atoms with van der Waals surface area (Å²) in [6.07, 6.45) is 3.01. The van der Waals surface area contributed by atoms with Gasteiger partial charge in [0.05, 0.1) is 12.5 Å². The minimum atomic E-state index is 0.528. The topological polar surface area (TPSA) is 27.0 Å². The van der Waals surface area contributed by atoms with Gasteiger partial charge < -0.3 is 4.90 Å². The van der Waals surface area contributed by atoms with Crippen LogP contribution in [0.5, 0.6) is 0 Å². The van der Waals surface area contributed by atoms with Gasteiger partial charge in [0, 0.05) is 0 Å². The third kappa shape index (κ3) is 2.62. The number of rotatable bonds is 2. The van der Waals surface area contributed by atoms with Crippen LogP contribution in [0.4, 0.5) is 0 Å². The van der Waals surface area contributed by atoms with E-state index in [9.17, 15) is 0 Å². The highest BCUT2D eigenvalue weighted by molar-refractivity contribution is 5.28. The zero-order valence-corrected chi connectivity index (χ0v) is 9.82. The van der Waals surface area contributed by atoms with Crippen molar-refractivity contribution in [1.82, 2.24) is 4.90 Å². The van der Waals surface area contributed by atoms with Crippen LogP contribution in [0.15, 0.2) is 24.3 Å². The second kappa shape index (κ2) is 5.14. The average molecular weight is 214 g/mol. The van der Waals surface area contributed by atoms with Crippen LogP contribution in [0.25, 0.3) is 0 Å². The van der Waals surface area contributed by atoms with Crippen molar-refractivity contribution in [3.63, 3.8) is 0 Å². The van der Waals surface area contributed by atoms with Gasteiger partial charge in [0.25, 0.3) is 0 Å². The molecule has 0 bridgehead atoms. The van der Waals surface area contributed by atoms with E-state index in [1.807, 2.05) is 6.07 Å². The molecule has 2 heteroatoms. The van der Waals surface area contributed by atoms with Crippen molar-refractivity contribution in [2.45, 2.75) is 25.2 Å². The lowest BCUT2D eigenvalue weighted by Crippen LogP contribution is -2.29. The van der Waals surface area contributed by atoms with Crippen LogP contribution in [0.1, 0.15) is 29.9 Å². The van der Waals surface area contributed by atoms with Gasteiger partial charge in [0.15, 0.2) is 0 Å². The molecule has 1 aliphatic rings. The van der Waals surface area contributed by atoms with E-state index in [-0.39, 0.29) is 0 Å². The van der Waals surface area contributed by atoms with Crippen molar-refractivity contribution >= 4 is 0 Å². The maximum atomic E-state index is 8.70. The highest BCUT2D eigenvalue weighted by Gasteiger charge is 2.18. The van der Waals surface area contributed by atoms with Gasteiger partial charge in [-0.05, 0) is 50.0 Å². The van der Waals surface area contributed by atoms with Gasteiger partial charge in [-0.2, -0.15) is 5.26 Å². The Labute approximate surface area is 97.5 Å². The van der Waals surface area contributed by atoms with E-state index in [2.05, 4.69) is 36.2 Å². The summed E-state index contributed by atoms with van der Waals surface area (Å²) in [7, 11) is 2.18. The molecule has 0 unspecified atom stereocenters. The molecule has 0 N–H and O–H groups in total. The van der Waals surface area contributed by atoms with Crippen molar-refractivity contribution in [3.05, 3.63) is 35.4 Å². The number of nitriles is 1. The van der Waals surface area contributed by atoms with Crippen molar-refractivity contribution in [2.75, 3.05) is 20.1 Å². The number of nitrogens with zero attached hydrogens (tertiary/aromatic N) is 2. The van der Waals surface area contributed by atoms with E-state index in [0.29, 0.717) is 12.3 Å². The monoisotopic (exact) mass is 214 g/mol. The zero-order valence-electron chi connectivity index (χ0n) is 9.82. The lowest BCUT2D eigenvalue weighted by atomic mass is 9.88. The lowest BCUT2D eigenvalue weighted by molar-refractivity contribution is 0.255. The highest BCUT2D eigenvalue weighted by Crippen LogP contribution is 2.27. The predicted molar refractivity (Wildman–Crippen MR) is 65.2 cm³/mol. The van der Waals surface area contributed by atoms with Crippen LogP contribution in [-0.2, 0) is 6.42 Å². The van der Waals surface area contributed by atoms with Crippen molar-refractivity contribution in [1.29, 1.82) is 5.26 Å². The molecule has 0 aliphatic carbocycles. The quantitative estimate of drug-likeness (QED) is 0.756. The number of hydrogen-bond donors (Lipinski definition) is 0. The largest absolute Gasteiger partial charge is 0.306 e. The molecule has 1 aromatic carbocycles. The molecule has 0 radical (unpaired) electrons. The summed E-state index contributed by atoms with van der Waals surface area (Å²) < 4.78 is 0. The normalized spacial score (nSPS) is 18.2. The first kappa shape index (κ1) is 11.2. The highest BCUT2D eigenvalue weighted by atomic mass is 15.1. The summed E-state index contributed by atoms with van der Waals surface area (Å²) >= 11 is 0. The first-order chi connectivity index (χ1) is 7.79. The smallest absolute Gasteiger partial charge is 0.0669 e. The first-order valence-corrected chi connectivity index (χ1v) is 5.94. The molecule has 1 aromatic rings. The van der Waals surface area contributed by atoms with Crippen molar-refractivity contribution in [2.24, 2.45) is 0 Å². The fourth-order valence-corrected chi connectivity index (χ4v) is 2.39. The Morgan fingerprint density at radius 1 is 1.38 bits per heavy atom. The number of benzene rings is 1. The average Bonchev–Trinajstić information content (AvgIpc) is 2.31. The van der Waals surface area contributed by atoms with Crippen LogP contribution < -0.4 is 0 Å². The molecule has 0 amide bonds. The Kier molecular flexibility index (Phi) is 3.58. The summed E-state index contributed by atoms with van der Waals surface area (Å²) in [6.45, 7) is 2.38. The second-order valence-electron chi connectivity index (χ2n) is 4.66. The number of likely N-dealkylation sites (tertiary alicyclic amines) is 1. The van der Waals surface area contributed by atoms with Gasteiger partial charge in [-0.1, -0.05) is 24.3 Å². The third-order valence-corrected chi connectivity index (χ3v) is 3.42. The summed E-state index contributed by atoms with van der Waals surface area (Å²) in [6, 6.07) is 10.8. The second-order valence-corrected chi connectivity index (χ2v) is 4.66. The van der Waals surface area contributed by atoms with Crippen LogP contribution in [0, 0.1) is 11.3 Å². The van der Waals surface area contributed by atoms with Crippen molar-refractivity contribution < 1.29 is 0 Å². The molecule has 1 saturated heterocycles. The molecule has 84 valence electrons. The molecule has 0 aromatic heterocycles. The van der Waals surface area contributed by atoms with Gasteiger partial charge >= 0.3 is 0 Å². The Morgan fingerprint density at radius 3 is 2.81 bits per heavy atom. The van der Waals surface area contributed by atoms with E-state index in [0.717, 1.165) is 5.56 Å². The van der Waals surface area contributed by atoms with E-state index >= 15 is 0 Å². The summed E-state index contributed by atoms with van der Waals surface area (Å²) in [5.41, 5.74) is 2.57. The van der Waals surface area contributed by atoms with Gasteiger partial charge in [-0.15, -0.1) is 0 Å².